The molecule has 7 nitrogen and oxygen atoms in total. The zero-order valence-corrected chi connectivity index (χ0v) is 17.9. The Bertz CT molecular complexity index is 1380. The molecule has 0 spiro atoms. The first kappa shape index (κ1) is 21.1. The number of aromatic nitrogens is 2. The molecule has 0 saturated heterocycles. The average molecular weight is 446 g/mol. The summed E-state index contributed by atoms with van der Waals surface area (Å²) in [6.07, 6.45) is 0. The number of ether oxygens (including phenoxy) is 1. The molecule has 0 atom stereocenters. The van der Waals surface area contributed by atoms with E-state index in [0.29, 0.717) is 22.8 Å². The number of anilines is 1. The molecule has 8 heteroatoms. The minimum Gasteiger partial charge on any atom is -0.497 e. The van der Waals surface area contributed by atoms with Gasteiger partial charge in [-0.2, -0.15) is 0 Å². The average Bonchev–Trinajstić information content (AvgIpc) is 2.81. The van der Waals surface area contributed by atoms with E-state index in [0.717, 1.165) is 0 Å². The van der Waals surface area contributed by atoms with Gasteiger partial charge in [-0.25, -0.2) is 0 Å². The van der Waals surface area contributed by atoms with Crippen LogP contribution in [0.25, 0.3) is 11.4 Å². The van der Waals surface area contributed by atoms with Gasteiger partial charge in [-0.3, -0.25) is 18.7 Å². The van der Waals surface area contributed by atoms with E-state index >= 15 is 0 Å². The van der Waals surface area contributed by atoms with E-state index in [9.17, 15) is 14.7 Å². The van der Waals surface area contributed by atoms with E-state index in [-0.39, 0.29) is 4.77 Å². The van der Waals surface area contributed by atoms with Gasteiger partial charge in [0, 0.05) is 5.69 Å². The number of amides is 1. The fourth-order valence-corrected chi connectivity index (χ4v) is 3.66. The Balaban J connectivity index is 1.92. The number of nitrogens with one attached hydrogen (secondary N) is 1. The van der Waals surface area contributed by atoms with E-state index in [1.807, 2.05) is 6.07 Å². The Morgan fingerprint density at radius 3 is 1.94 bits per heavy atom. The highest BCUT2D eigenvalue weighted by Gasteiger charge is 2.24. The quantitative estimate of drug-likeness (QED) is 0.447. The SMILES string of the molecule is COc1ccc(NC(=O)c2c(O)n(-c3ccccc3)c(=S)n(-c3ccccc3)c2=O)cc1. The minimum atomic E-state index is -0.762. The fraction of sp³-hybridized carbons (Fsp3) is 0.0417. The van der Waals surface area contributed by atoms with Crippen molar-refractivity contribution in [2.24, 2.45) is 0 Å². The third-order valence-electron chi connectivity index (χ3n) is 4.84. The van der Waals surface area contributed by atoms with E-state index < -0.39 is 22.9 Å². The Hall–Kier alpha value is -4.17. The number of carbonyl (C=O) groups is 1. The van der Waals surface area contributed by atoms with Gasteiger partial charge in [0.25, 0.3) is 11.5 Å². The first-order valence-corrected chi connectivity index (χ1v) is 10.1. The lowest BCUT2D eigenvalue weighted by molar-refractivity contribution is 0.102. The van der Waals surface area contributed by atoms with Gasteiger partial charge in [-0.05, 0) is 60.7 Å². The standard InChI is InChI=1S/C24H19N3O4S/c1-31-19-14-12-16(13-15-19)25-21(28)20-22(29)26(17-8-4-2-5-9-17)24(32)27(23(20)30)18-10-6-3-7-11-18/h2-15,29H,1H3,(H,25,28). The van der Waals surface area contributed by atoms with Crippen molar-refractivity contribution in [1.82, 2.24) is 9.13 Å². The number of methoxy groups -OCH3 is 1. The number of rotatable bonds is 5. The van der Waals surface area contributed by atoms with Gasteiger partial charge in [0.05, 0.1) is 18.5 Å². The van der Waals surface area contributed by atoms with Crippen molar-refractivity contribution in [3.05, 3.63) is 106 Å². The lowest BCUT2D eigenvalue weighted by Crippen LogP contribution is -2.32. The zero-order chi connectivity index (χ0) is 22.7. The summed E-state index contributed by atoms with van der Waals surface area (Å²) < 4.78 is 7.68. The summed E-state index contributed by atoms with van der Waals surface area (Å²) in [7, 11) is 1.54. The number of hydrogen-bond donors (Lipinski definition) is 2. The maximum atomic E-state index is 13.4. The van der Waals surface area contributed by atoms with Crippen LogP contribution in [0.4, 0.5) is 5.69 Å². The highest BCUT2D eigenvalue weighted by atomic mass is 32.1. The second kappa shape index (κ2) is 8.91. The van der Waals surface area contributed by atoms with Gasteiger partial charge in [0.15, 0.2) is 10.3 Å². The number of para-hydroxylation sites is 2. The predicted octanol–water partition coefficient (Wildman–Crippen LogP) is 4.32. The maximum absolute atomic E-state index is 13.4. The van der Waals surface area contributed by atoms with Crippen LogP contribution in [0.1, 0.15) is 10.4 Å². The summed E-state index contributed by atoms with van der Waals surface area (Å²) in [6, 6.07) is 24.1. The third-order valence-corrected chi connectivity index (χ3v) is 5.20. The highest BCUT2D eigenvalue weighted by molar-refractivity contribution is 7.71. The molecule has 1 amide bonds. The molecule has 32 heavy (non-hydrogen) atoms. The zero-order valence-electron chi connectivity index (χ0n) is 17.1. The summed E-state index contributed by atoms with van der Waals surface area (Å²) in [5, 5.41) is 13.7. The van der Waals surface area contributed by atoms with Crippen LogP contribution in [0, 0.1) is 4.77 Å². The van der Waals surface area contributed by atoms with E-state index in [4.69, 9.17) is 17.0 Å². The van der Waals surface area contributed by atoms with Crippen molar-refractivity contribution in [2.45, 2.75) is 0 Å². The van der Waals surface area contributed by atoms with E-state index in [1.165, 1.54) is 16.2 Å². The molecular weight excluding hydrogens is 426 g/mol. The molecule has 3 aromatic carbocycles. The number of nitrogens with zero attached hydrogens (tertiary/aromatic N) is 2. The number of hydrogen-bond acceptors (Lipinski definition) is 5. The maximum Gasteiger partial charge on any atom is 0.275 e. The number of benzene rings is 3. The van der Waals surface area contributed by atoms with Crippen LogP contribution in [-0.4, -0.2) is 27.3 Å². The van der Waals surface area contributed by atoms with Gasteiger partial charge in [0.2, 0.25) is 5.88 Å². The van der Waals surface area contributed by atoms with Crippen LogP contribution < -0.4 is 15.6 Å². The molecule has 0 unspecified atom stereocenters. The van der Waals surface area contributed by atoms with Crippen molar-refractivity contribution in [1.29, 1.82) is 0 Å². The molecule has 0 bridgehead atoms. The molecule has 1 aromatic heterocycles. The molecule has 0 fully saturated rings. The molecule has 2 N–H and O–H groups in total. The second-order valence-electron chi connectivity index (χ2n) is 6.81. The lowest BCUT2D eigenvalue weighted by Gasteiger charge is -2.17. The molecule has 0 radical (unpaired) electrons. The van der Waals surface area contributed by atoms with E-state index in [1.54, 1.807) is 78.9 Å². The van der Waals surface area contributed by atoms with Crippen LogP contribution >= 0.6 is 12.2 Å². The molecule has 0 aliphatic rings. The van der Waals surface area contributed by atoms with Gasteiger partial charge >= 0.3 is 0 Å². The fourth-order valence-electron chi connectivity index (χ4n) is 3.28. The summed E-state index contributed by atoms with van der Waals surface area (Å²) in [6.45, 7) is 0. The van der Waals surface area contributed by atoms with Crippen LogP contribution in [-0.2, 0) is 0 Å². The Morgan fingerprint density at radius 2 is 1.41 bits per heavy atom. The summed E-state index contributed by atoms with van der Waals surface area (Å²) >= 11 is 5.55. The molecule has 4 rings (SSSR count). The van der Waals surface area contributed by atoms with Crippen molar-refractivity contribution in [3.8, 4) is 23.0 Å². The number of carbonyl (C=O) groups excluding carboxylic acids is 1. The van der Waals surface area contributed by atoms with Gasteiger partial charge in [-0.15, -0.1) is 0 Å². The predicted molar refractivity (Wildman–Crippen MR) is 125 cm³/mol. The topological polar surface area (TPSA) is 85.5 Å². The highest BCUT2D eigenvalue weighted by Crippen LogP contribution is 2.23. The van der Waals surface area contributed by atoms with Crippen LogP contribution in [0.5, 0.6) is 11.6 Å². The Morgan fingerprint density at radius 1 is 0.875 bits per heavy atom. The molecule has 0 aliphatic heterocycles. The van der Waals surface area contributed by atoms with Gasteiger partial charge in [0.1, 0.15) is 5.75 Å². The normalized spacial score (nSPS) is 10.5. The lowest BCUT2D eigenvalue weighted by atomic mass is 10.2. The third kappa shape index (κ3) is 3.91. The van der Waals surface area contributed by atoms with Crippen LogP contribution in [0.2, 0.25) is 0 Å². The molecular formula is C24H19N3O4S. The molecule has 0 saturated carbocycles. The Kier molecular flexibility index (Phi) is 5.87. The summed E-state index contributed by atoms with van der Waals surface area (Å²) in [4.78, 5) is 26.5. The Labute approximate surface area is 188 Å². The summed E-state index contributed by atoms with van der Waals surface area (Å²) in [5.74, 6) is -0.680. The van der Waals surface area contributed by atoms with E-state index in [2.05, 4.69) is 5.32 Å². The monoisotopic (exact) mass is 445 g/mol. The molecule has 1 heterocycles. The minimum absolute atomic E-state index is 0.0332. The van der Waals surface area contributed by atoms with Gasteiger partial charge in [-0.1, -0.05) is 36.4 Å². The van der Waals surface area contributed by atoms with Crippen molar-refractivity contribution >= 4 is 23.8 Å². The van der Waals surface area contributed by atoms with Crippen molar-refractivity contribution in [3.63, 3.8) is 0 Å². The largest absolute Gasteiger partial charge is 0.497 e. The molecule has 0 aliphatic carbocycles. The van der Waals surface area contributed by atoms with Crippen molar-refractivity contribution < 1.29 is 14.6 Å². The van der Waals surface area contributed by atoms with Gasteiger partial charge < -0.3 is 15.2 Å². The smallest absolute Gasteiger partial charge is 0.275 e. The van der Waals surface area contributed by atoms with Crippen molar-refractivity contribution in [2.75, 3.05) is 12.4 Å². The molecule has 4 aromatic rings. The second-order valence-corrected chi connectivity index (χ2v) is 7.18. The first-order chi connectivity index (χ1) is 15.5. The first-order valence-electron chi connectivity index (χ1n) is 9.68. The summed E-state index contributed by atoms with van der Waals surface area (Å²) in [5.41, 5.74) is 0.275. The number of aromatic hydroxyl groups is 1. The molecule has 160 valence electrons. The van der Waals surface area contributed by atoms with Crippen LogP contribution in [0.15, 0.2) is 89.7 Å². The van der Waals surface area contributed by atoms with Crippen LogP contribution in [0.3, 0.4) is 0 Å².